The number of aliphatic hydroxyl groups is 1. The van der Waals surface area contributed by atoms with Crippen molar-refractivity contribution in [2.75, 3.05) is 13.2 Å². The molecule has 5 nitrogen and oxygen atoms in total. The Bertz CT molecular complexity index is 580. The molecule has 0 unspecified atom stereocenters. The Labute approximate surface area is 116 Å². The highest BCUT2D eigenvalue weighted by molar-refractivity contribution is 5.21. The van der Waals surface area contributed by atoms with E-state index in [0.717, 1.165) is 5.75 Å². The average molecular weight is 275 g/mol. The van der Waals surface area contributed by atoms with Gasteiger partial charge < -0.3 is 19.6 Å². The minimum atomic E-state index is -0.239. The minimum Gasteiger partial charge on any atom is -0.493 e. The van der Waals surface area contributed by atoms with E-state index in [0.29, 0.717) is 25.3 Å². The summed E-state index contributed by atoms with van der Waals surface area (Å²) in [6.07, 6.45) is 2.14. The van der Waals surface area contributed by atoms with Crippen LogP contribution in [0.1, 0.15) is 12.1 Å². The molecular weight excluding hydrogens is 258 g/mol. The van der Waals surface area contributed by atoms with E-state index in [4.69, 9.17) is 14.6 Å². The average Bonchev–Trinajstić information content (AvgIpc) is 2.49. The molecule has 0 spiro atoms. The highest BCUT2D eigenvalue weighted by atomic mass is 16.5. The summed E-state index contributed by atoms with van der Waals surface area (Å²) in [5.74, 6) is 1.07. The Balaban J connectivity index is 1.72. The molecule has 1 aromatic heterocycles. The zero-order valence-corrected chi connectivity index (χ0v) is 11.0. The third kappa shape index (κ3) is 4.13. The predicted molar refractivity (Wildman–Crippen MR) is 75.0 cm³/mol. The van der Waals surface area contributed by atoms with Crippen molar-refractivity contribution >= 4 is 0 Å². The van der Waals surface area contributed by atoms with Crippen LogP contribution < -0.4 is 14.9 Å². The third-order valence-electron chi connectivity index (χ3n) is 2.67. The number of ether oxygens (including phenoxy) is 2. The molecule has 2 aromatic rings. The van der Waals surface area contributed by atoms with Crippen LogP contribution >= 0.6 is 0 Å². The van der Waals surface area contributed by atoms with Crippen molar-refractivity contribution in [2.24, 2.45) is 0 Å². The van der Waals surface area contributed by atoms with E-state index in [1.165, 1.54) is 12.3 Å². The van der Waals surface area contributed by atoms with E-state index in [1.54, 1.807) is 0 Å². The molecule has 0 aliphatic heterocycles. The first kappa shape index (κ1) is 14.1. The number of aliphatic hydroxyl groups excluding tert-OH is 1. The minimum absolute atomic E-state index is 0.194. The lowest BCUT2D eigenvalue weighted by Gasteiger charge is -2.07. The maximum atomic E-state index is 11.6. The zero-order chi connectivity index (χ0) is 14.2. The van der Waals surface area contributed by atoms with E-state index >= 15 is 0 Å². The van der Waals surface area contributed by atoms with Crippen LogP contribution in [0.15, 0.2) is 47.4 Å². The van der Waals surface area contributed by atoms with Crippen molar-refractivity contribution in [1.29, 1.82) is 0 Å². The van der Waals surface area contributed by atoms with Gasteiger partial charge in [-0.05, 0) is 12.1 Å². The van der Waals surface area contributed by atoms with Crippen molar-refractivity contribution in [2.45, 2.75) is 13.0 Å². The van der Waals surface area contributed by atoms with Crippen LogP contribution in [-0.2, 0) is 6.61 Å². The van der Waals surface area contributed by atoms with Gasteiger partial charge in [-0.1, -0.05) is 18.2 Å². The molecule has 0 saturated carbocycles. The van der Waals surface area contributed by atoms with Gasteiger partial charge in [0, 0.05) is 24.4 Å². The molecule has 0 atom stereocenters. The molecule has 0 fully saturated rings. The second kappa shape index (κ2) is 7.35. The maximum absolute atomic E-state index is 11.6. The van der Waals surface area contributed by atoms with Crippen molar-refractivity contribution in [1.82, 2.24) is 4.98 Å². The highest BCUT2D eigenvalue weighted by Crippen LogP contribution is 2.08. The Kier molecular flexibility index (Phi) is 5.20. The van der Waals surface area contributed by atoms with Crippen LogP contribution in [0.2, 0.25) is 0 Å². The normalized spacial score (nSPS) is 10.2. The fourth-order valence-electron chi connectivity index (χ4n) is 1.65. The van der Waals surface area contributed by atoms with Crippen molar-refractivity contribution in [3.8, 4) is 11.5 Å². The number of pyridine rings is 1. The summed E-state index contributed by atoms with van der Waals surface area (Å²) in [6.45, 7) is 0.728. The molecule has 0 saturated heterocycles. The maximum Gasteiger partial charge on any atom is 0.223 e. The van der Waals surface area contributed by atoms with Crippen molar-refractivity contribution in [3.05, 3.63) is 58.5 Å². The van der Waals surface area contributed by atoms with E-state index in [9.17, 15) is 4.79 Å². The number of rotatable bonds is 7. The smallest absolute Gasteiger partial charge is 0.223 e. The van der Waals surface area contributed by atoms with Crippen LogP contribution in [0.4, 0.5) is 0 Å². The number of benzene rings is 1. The Morgan fingerprint density at radius 2 is 1.85 bits per heavy atom. The number of hydrogen-bond donors (Lipinski definition) is 2. The van der Waals surface area contributed by atoms with Gasteiger partial charge in [0.25, 0.3) is 0 Å². The van der Waals surface area contributed by atoms with E-state index in [1.807, 2.05) is 30.3 Å². The molecule has 1 aromatic carbocycles. The standard InChI is InChI=1S/C15H17NO4/c17-11-12-9-14(18)15(10-16-12)20-8-4-7-19-13-5-2-1-3-6-13/h1-3,5-6,9-10,17H,4,7-8,11H2,(H,16,18). The number of aromatic nitrogens is 1. The molecule has 1 heterocycles. The molecule has 0 aliphatic carbocycles. The molecule has 0 radical (unpaired) electrons. The molecule has 0 aliphatic rings. The van der Waals surface area contributed by atoms with Crippen LogP contribution in [0.5, 0.6) is 11.5 Å². The van der Waals surface area contributed by atoms with Gasteiger partial charge in [0.15, 0.2) is 5.75 Å². The summed E-state index contributed by atoms with van der Waals surface area (Å²) in [6, 6.07) is 10.9. The van der Waals surface area contributed by atoms with E-state index < -0.39 is 0 Å². The summed E-state index contributed by atoms with van der Waals surface area (Å²) in [7, 11) is 0. The molecule has 0 amide bonds. The second-order valence-electron chi connectivity index (χ2n) is 4.21. The number of hydrogen-bond acceptors (Lipinski definition) is 4. The fraction of sp³-hybridized carbons (Fsp3) is 0.267. The zero-order valence-electron chi connectivity index (χ0n) is 11.0. The second-order valence-corrected chi connectivity index (χ2v) is 4.21. The van der Waals surface area contributed by atoms with Gasteiger partial charge in [0.2, 0.25) is 5.43 Å². The Hall–Kier alpha value is -2.27. The van der Waals surface area contributed by atoms with Gasteiger partial charge in [-0.25, -0.2) is 0 Å². The summed E-state index contributed by atoms with van der Waals surface area (Å²) in [5, 5.41) is 8.88. The van der Waals surface area contributed by atoms with Crippen LogP contribution in [0.25, 0.3) is 0 Å². The molecule has 20 heavy (non-hydrogen) atoms. The van der Waals surface area contributed by atoms with Crippen LogP contribution in [-0.4, -0.2) is 23.3 Å². The quantitative estimate of drug-likeness (QED) is 0.755. The van der Waals surface area contributed by atoms with E-state index in [2.05, 4.69) is 4.98 Å². The molecule has 5 heteroatoms. The number of aromatic amines is 1. The van der Waals surface area contributed by atoms with Gasteiger partial charge in [-0.15, -0.1) is 0 Å². The summed E-state index contributed by atoms with van der Waals surface area (Å²) in [5.41, 5.74) is 0.228. The Morgan fingerprint density at radius 1 is 1.10 bits per heavy atom. The molecular formula is C15H17NO4. The lowest BCUT2D eigenvalue weighted by molar-refractivity contribution is 0.245. The summed E-state index contributed by atoms with van der Waals surface area (Å²) < 4.78 is 10.9. The summed E-state index contributed by atoms with van der Waals surface area (Å²) in [4.78, 5) is 14.4. The van der Waals surface area contributed by atoms with Gasteiger partial charge >= 0.3 is 0 Å². The first-order valence-corrected chi connectivity index (χ1v) is 6.42. The first-order chi connectivity index (χ1) is 9.79. The monoisotopic (exact) mass is 275 g/mol. The lowest BCUT2D eigenvalue weighted by Crippen LogP contribution is -2.12. The van der Waals surface area contributed by atoms with Gasteiger partial charge in [-0.3, -0.25) is 4.79 Å². The number of nitrogens with one attached hydrogen (secondary N) is 1. The molecule has 2 N–H and O–H groups in total. The lowest BCUT2D eigenvalue weighted by atomic mass is 10.3. The Morgan fingerprint density at radius 3 is 2.55 bits per heavy atom. The van der Waals surface area contributed by atoms with Crippen LogP contribution in [0.3, 0.4) is 0 Å². The molecule has 106 valence electrons. The van der Waals surface area contributed by atoms with Crippen molar-refractivity contribution < 1.29 is 14.6 Å². The van der Waals surface area contributed by atoms with Gasteiger partial charge in [0.05, 0.1) is 19.8 Å². The number of para-hydroxylation sites is 1. The van der Waals surface area contributed by atoms with Gasteiger partial charge in [-0.2, -0.15) is 0 Å². The highest BCUT2D eigenvalue weighted by Gasteiger charge is 2.02. The molecule has 2 rings (SSSR count). The summed E-state index contributed by atoms with van der Waals surface area (Å²) >= 11 is 0. The topological polar surface area (TPSA) is 71.5 Å². The third-order valence-corrected chi connectivity index (χ3v) is 2.67. The van der Waals surface area contributed by atoms with Crippen LogP contribution in [0, 0.1) is 0 Å². The van der Waals surface area contributed by atoms with E-state index in [-0.39, 0.29) is 17.8 Å². The fourth-order valence-corrected chi connectivity index (χ4v) is 1.65. The number of H-pyrrole nitrogens is 1. The first-order valence-electron chi connectivity index (χ1n) is 6.42. The van der Waals surface area contributed by atoms with Crippen molar-refractivity contribution in [3.63, 3.8) is 0 Å². The molecule has 0 bridgehead atoms. The predicted octanol–water partition coefficient (Wildman–Crippen LogP) is 1.72. The SMILES string of the molecule is O=c1cc(CO)[nH]cc1OCCCOc1ccccc1. The largest absolute Gasteiger partial charge is 0.493 e. The van der Waals surface area contributed by atoms with Gasteiger partial charge in [0.1, 0.15) is 5.75 Å².